The lowest BCUT2D eigenvalue weighted by atomic mass is 10.1. The first-order chi connectivity index (χ1) is 10.2. The number of hydrogen-bond acceptors (Lipinski definition) is 3. The van der Waals surface area contributed by atoms with E-state index in [4.69, 9.17) is 11.6 Å². The largest absolute Gasteiger partial charge is 0.312 e. The van der Waals surface area contributed by atoms with Gasteiger partial charge in [-0.2, -0.15) is 0 Å². The highest BCUT2D eigenvalue weighted by molar-refractivity contribution is 7.09. The molecule has 0 fully saturated rings. The molecule has 1 aromatic carbocycles. The van der Waals surface area contributed by atoms with Crippen LogP contribution in [0.5, 0.6) is 0 Å². The van der Waals surface area contributed by atoms with Crippen LogP contribution in [0.3, 0.4) is 0 Å². The number of fused-ring (bicyclic) bond motifs is 1. The minimum atomic E-state index is 0.173. The van der Waals surface area contributed by atoms with Crippen LogP contribution in [0.1, 0.15) is 23.4 Å². The minimum absolute atomic E-state index is 0.173. The SMILES string of the molecule is Cc1nc(-c2ccc3c(c2)CCN3C(=O)CCCCl)cs1. The summed E-state index contributed by atoms with van der Waals surface area (Å²) in [6.45, 7) is 2.79. The van der Waals surface area contributed by atoms with E-state index in [2.05, 4.69) is 22.5 Å². The summed E-state index contributed by atoms with van der Waals surface area (Å²) >= 11 is 7.33. The molecule has 21 heavy (non-hydrogen) atoms. The number of carbonyl (C=O) groups is 1. The van der Waals surface area contributed by atoms with E-state index in [1.54, 1.807) is 11.3 Å². The number of benzene rings is 1. The number of hydrogen-bond donors (Lipinski definition) is 0. The predicted octanol–water partition coefficient (Wildman–Crippen LogP) is 4.03. The Balaban J connectivity index is 1.83. The number of carbonyl (C=O) groups excluding carboxylic acids is 1. The van der Waals surface area contributed by atoms with Gasteiger partial charge in [-0.1, -0.05) is 6.07 Å². The van der Waals surface area contributed by atoms with Crippen molar-refractivity contribution in [3.05, 3.63) is 34.2 Å². The molecule has 5 heteroatoms. The van der Waals surface area contributed by atoms with Crippen molar-refractivity contribution in [1.82, 2.24) is 4.98 Å². The van der Waals surface area contributed by atoms with Crippen LogP contribution in [-0.2, 0) is 11.2 Å². The smallest absolute Gasteiger partial charge is 0.227 e. The third kappa shape index (κ3) is 2.97. The van der Waals surface area contributed by atoms with Gasteiger partial charge >= 0.3 is 0 Å². The molecule has 1 aliphatic rings. The Morgan fingerprint density at radius 1 is 1.48 bits per heavy atom. The zero-order valence-electron chi connectivity index (χ0n) is 11.9. The number of anilines is 1. The fourth-order valence-electron chi connectivity index (χ4n) is 2.67. The van der Waals surface area contributed by atoms with Gasteiger partial charge in [0.1, 0.15) is 0 Å². The first-order valence-electron chi connectivity index (χ1n) is 7.11. The maximum Gasteiger partial charge on any atom is 0.227 e. The molecule has 1 aromatic heterocycles. The average Bonchev–Trinajstić information content (AvgIpc) is 3.10. The van der Waals surface area contributed by atoms with Crippen molar-refractivity contribution in [2.75, 3.05) is 17.3 Å². The van der Waals surface area contributed by atoms with Gasteiger partial charge in [-0.05, 0) is 37.5 Å². The molecule has 3 rings (SSSR count). The summed E-state index contributed by atoms with van der Waals surface area (Å²) in [7, 11) is 0. The van der Waals surface area contributed by atoms with Gasteiger partial charge in [0.2, 0.25) is 5.91 Å². The number of aryl methyl sites for hydroxylation is 1. The lowest BCUT2D eigenvalue weighted by Gasteiger charge is -2.17. The van der Waals surface area contributed by atoms with Crippen LogP contribution < -0.4 is 4.90 Å². The molecule has 0 spiro atoms. The molecule has 2 aromatic rings. The average molecular weight is 321 g/mol. The second-order valence-corrected chi connectivity index (χ2v) is 6.62. The van der Waals surface area contributed by atoms with Crippen molar-refractivity contribution in [3.8, 4) is 11.3 Å². The molecule has 0 aliphatic carbocycles. The Hall–Kier alpha value is -1.39. The standard InChI is InChI=1S/C16H17ClN2OS/c1-11-18-14(10-21-11)12-4-5-15-13(9-12)6-8-19(15)16(20)3-2-7-17/h4-5,9-10H,2-3,6-8H2,1H3. The monoisotopic (exact) mass is 320 g/mol. The summed E-state index contributed by atoms with van der Waals surface area (Å²) < 4.78 is 0. The number of alkyl halides is 1. The Morgan fingerprint density at radius 2 is 2.33 bits per heavy atom. The molecule has 110 valence electrons. The zero-order valence-corrected chi connectivity index (χ0v) is 13.5. The highest BCUT2D eigenvalue weighted by atomic mass is 35.5. The molecular weight excluding hydrogens is 304 g/mol. The van der Waals surface area contributed by atoms with Gasteiger partial charge in [-0.15, -0.1) is 22.9 Å². The highest BCUT2D eigenvalue weighted by Gasteiger charge is 2.24. The molecule has 0 bridgehead atoms. The lowest BCUT2D eigenvalue weighted by molar-refractivity contribution is -0.118. The maximum atomic E-state index is 12.2. The van der Waals surface area contributed by atoms with Gasteiger partial charge < -0.3 is 4.90 Å². The molecule has 0 unspecified atom stereocenters. The number of aromatic nitrogens is 1. The molecular formula is C16H17ClN2OS. The van der Waals surface area contributed by atoms with E-state index in [9.17, 15) is 4.79 Å². The molecule has 0 saturated carbocycles. The van der Waals surface area contributed by atoms with Gasteiger partial charge in [0.15, 0.2) is 0 Å². The van der Waals surface area contributed by atoms with E-state index in [0.29, 0.717) is 12.3 Å². The maximum absolute atomic E-state index is 12.2. The van der Waals surface area contributed by atoms with E-state index < -0.39 is 0 Å². The topological polar surface area (TPSA) is 33.2 Å². The van der Waals surface area contributed by atoms with Crippen LogP contribution in [0.2, 0.25) is 0 Å². The molecule has 1 amide bonds. The summed E-state index contributed by atoms with van der Waals surface area (Å²) in [6, 6.07) is 6.27. The third-order valence-electron chi connectivity index (χ3n) is 3.72. The quantitative estimate of drug-likeness (QED) is 0.797. The fourth-order valence-corrected chi connectivity index (χ4v) is 3.42. The zero-order chi connectivity index (χ0) is 14.8. The predicted molar refractivity (Wildman–Crippen MR) is 88.3 cm³/mol. The van der Waals surface area contributed by atoms with E-state index in [-0.39, 0.29) is 5.91 Å². The van der Waals surface area contributed by atoms with Crippen LogP contribution in [0.4, 0.5) is 5.69 Å². The van der Waals surface area contributed by atoms with E-state index in [1.165, 1.54) is 5.56 Å². The van der Waals surface area contributed by atoms with Crippen LogP contribution in [0.15, 0.2) is 23.6 Å². The summed E-state index contributed by atoms with van der Waals surface area (Å²) in [5, 5.41) is 3.15. The number of halogens is 1. The van der Waals surface area contributed by atoms with E-state index in [0.717, 1.165) is 41.3 Å². The van der Waals surface area contributed by atoms with Gasteiger partial charge in [0.05, 0.1) is 10.7 Å². The van der Waals surface area contributed by atoms with Gasteiger partial charge in [0, 0.05) is 35.5 Å². The van der Waals surface area contributed by atoms with E-state index in [1.807, 2.05) is 17.9 Å². The van der Waals surface area contributed by atoms with Gasteiger partial charge in [0.25, 0.3) is 0 Å². The van der Waals surface area contributed by atoms with Gasteiger partial charge in [-0.25, -0.2) is 4.98 Å². The van der Waals surface area contributed by atoms with Crippen molar-refractivity contribution in [3.63, 3.8) is 0 Å². The molecule has 1 aliphatic heterocycles. The Morgan fingerprint density at radius 3 is 3.05 bits per heavy atom. The van der Waals surface area contributed by atoms with Crippen LogP contribution >= 0.6 is 22.9 Å². The van der Waals surface area contributed by atoms with Crippen molar-refractivity contribution in [2.24, 2.45) is 0 Å². The summed E-state index contributed by atoms with van der Waals surface area (Å²) in [5.74, 6) is 0.709. The van der Waals surface area contributed by atoms with Crippen molar-refractivity contribution in [1.29, 1.82) is 0 Å². The van der Waals surface area contributed by atoms with Gasteiger partial charge in [-0.3, -0.25) is 4.79 Å². The lowest BCUT2D eigenvalue weighted by Crippen LogP contribution is -2.28. The molecule has 0 saturated heterocycles. The molecule has 0 N–H and O–H groups in total. The second kappa shape index (κ2) is 6.16. The normalized spacial score (nSPS) is 13.5. The van der Waals surface area contributed by atoms with Crippen LogP contribution in [0.25, 0.3) is 11.3 Å². The number of amides is 1. The van der Waals surface area contributed by atoms with Crippen molar-refractivity contribution in [2.45, 2.75) is 26.2 Å². The second-order valence-electron chi connectivity index (χ2n) is 5.18. The number of thiazole rings is 1. The first-order valence-corrected chi connectivity index (χ1v) is 8.52. The summed E-state index contributed by atoms with van der Waals surface area (Å²) in [6.07, 6.45) is 2.18. The minimum Gasteiger partial charge on any atom is -0.312 e. The number of nitrogens with zero attached hydrogens (tertiary/aromatic N) is 2. The van der Waals surface area contributed by atoms with Crippen LogP contribution in [-0.4, -0.2) is 23.3 Å². The molecule has 0 radical (unpaired) electrons. The highest BCUT2D eigenvalue weighted by Crippen LogP contribution is 2.33. The van der Waals surface area contributed by atoms with Crippen molar-refractivity contribution < 1.29 is 4.79 Å². The molecule has 3 nitrogen and oxygen atoms in total. The third-order valence-corrected chi connectivity index (χ3v) is 4.76. The summed E-state index contributed by atoms with van der Waals surface area (Å²) in [4.78, 5) is 18.6. The number of rotatable bonds is 4. The van der Waals surface area contributed by atoms with E-state index >= 15 is 0 Å². The Bertz CT molecular complexity index is 668. The summed E-state index contributed by atoms with van der Waals surface area (Å²) in [5.41, 5.74) is 4.43. The molecule has 0 atom stereocenters. The first kappa shape index (κ1) is 14.5. The van der Waals surface area contributed by atoms with Crippen LogP contribution in [0, 0.1) is 6.92 Å². The fraction of sp³-hybridized carbons (Fsp3) is 0.375. The van der Waals surface area contributed by atoms with Crippen molar-refractivity contribution >= 4 is 34.5 Å². The Kier molecular flexibility index (Phi) is 4.27. The Labute approximate surface area is 133 Å². The molecule has 2 heterocycles.